The van der Waals surface area contributed by atoms with Crippen LogP contribution in [-0.4, -0.2) is 35.4 Å². The molecule has 1 aliphatic carbocycles. The fraction of sp³-hybridized carbons (Fsp3) is 0.394. The third kappa shape index (κ3) is 8.86. The number of nitrogens with zero attached hydrogens (tertiary/aromatic N) is 1. The summed E-state index contributed by atoms with van der Waals surface area (Å²) in [7, 11) is 0. The van der Waals surface area contributed by atoms with Gasteiger partial charge in [0.2, 0.25) is 11.8 Å². The SMILES string of the molecule is Cc1ccc(OCCCC(=O)N(Cc2ccccc2Cl)C(Cc2ccccc2)C(=O)NC2CCCCC2)cc1. The lowest BCUT2D eigenvalue weighted by atomic mass is 9.94. The third-order valence-electron chi connectivity index (χ3n) is 7.35. The first-order valence-electron chi connectivity index (χ1n) is 14.1. The van der Waals surface area contributed by atoms with Crippen LogP contribution in [0.2, 0.25) is 5.02 Å². The summed E-state index contributed by atoms with van der Waals surface area (Å²) < 4.78 is 5.86. The fourth-order valence-corrected chi connectivity index (χ4v) is 5.30. The van der Waals surface area contributed by atoms with E-state index in [0.717, 1.165) is 42.6 Å². The Labute approximate surface area is 237 Å². The molecule has 3 aromatic rings. The molecule has 0 aliphatic heterocycles. The van der Waals surface area contributed by atoms with Crippen LogP contribution in [0.3, 0.4) is 0 Å². The van der Waals surface area contributed by atoms with Gasteiger partial charge in [-0.2, -0.15) is 0 Å². The number of nitrogens with one attached hydrogen (secondary N) is 1. The van der Waals surface area contributed by atoms with Gasteiger partial charge in [0.15, 0.2) is 0 Å². The predicted octanol–water partition coefficient (Wildman–Crippen LogP) is 6.90. The predicted molar refractivity (Wildman–Crippen MR) is 157 cm³/mol. The van der Waals surface area contributed by atoms with Gasteiger partial charge in [0.25, 0.3) is 0 Å². The zero-order valence-electron chi connectivity index (χ0n) is 22.8. The Morgan fingerprint density at radius 3 is 2.36 bits per heavy atom. The van der Waals surface area contributed by atoms with Crippen molar-refractivity contribution in [2.75, 3.05) is 6.61 Å². The molecule has 0 saturated heterocycles. The summed E-state index contributed by atoms with van der Waals surface area (Å²) in [5.74, 6) is 0.610. The highest BCUT2D eigenvalue weighted by Gasteiger charge is 2.32. The smallest absolute Gasteiger partial charge is 0.243 e. The van der Waals surface area contributed by atoms with Crippen LogP contribution in [0.15, 0.2) is 78.9 Å². The number of rotatable bonds is 12. The molecule has 3 aromatic carbocycles. The van der Waals surface area contributed by atoms with Crippen LogP contribution in [0, 0.1) is 6.92 Å². The van der Waals surface area contributed by atoms with Crippen molar-refractivity contribution in [3.05, 3.63) is 101 Å². The van der Waals surface area contributed by atoms with Gasteiger partial charge in [-0.3, -0.25) is 9.59 Å². The maximum atomic E-state index is 13.8. The number of aryl methyl sites for hydroxylation is 1. The van der Waals surface area contributed by atoms with E-state index in [2.05, 4.69) is 5.32 Å². The standard InChI is InChI=1S/C33H39ClN2O3/c1-25-18-20-29(21-19-25)39-22-10-17-32(37)36(24-27-13-8-9-16-30(27)34)31(23-26-11-4-2-5-12-26)33(38)35-28-14-6-3-7-15-28/h2,4-5,8-9,11-13,16,18-21,28,31H,3,6-7,10,14-15,17,22-24H2,1H3,(H,35,38). The molecule has 0 spiro atoms. The van der Waals surface area contributed by atoms with Crippen LogP contribution >= 0.6 is 11.6 Å². The van der Waals surface area contributed by atoms with Crippen molar-refractivity contribution in [1.82, 2.24) is 10.2 Å². The van der Waals surface area contributed by atoms with E-state index in [1.807, 2.05) is 85.8 Å². The summed E-state index contributed by atoms with van der Waals surface area (Å²) in [6.45, 7) is 2.73. The molecule has 206 valence electrons. The molecule has 1 saturated carbocycles. The first-order valence-corrected chi connectivity index (χ1v) is 14.4. The molecule has 0 heterocycles. The summed E-state index contributed by atoms with van der Waals surface area (Å²) >= 11 is 6.52. The average molecular weight is 547 g/mol. The maximum absolute atomic E-state index is 13.8. The lowest BCUT2D eigenvalue weighted by Gasteiger charge is -2.33. The Bertz CT molecular complexity index is 1190. The summed E-state index contributed by atoms with van der Waals surface area (Å²) in [4.78, 5) is 29.3. The van der Waals surface area contributed by atoms with Crippen LogP contribution in [0.5, 0.6) is 5.75 Å². The summed E-state index contributed by atoms with van der Waals surface area (Å²) in [5.41, 5.74) is 3.01. The molecule has 1 fully saturated rings. The number of benzene rings is 3. The van der Waals surface area contributed by atoms with Gasteiger partial charge < -0.3 is 15.0 Å². The van der Waals surface area contributed by atoms with Crippen molar-refractivity contribution < 1.29 is 14.3 Å². The van der Waals surface area contributed by atoms with E-state index >= 15 is 0 Å². The van der Waals surface area contributed by atoms with Gasteiger partial charge >= 0.3 is 0 Å². The van der Waals surface area contributed by atoms with Crippen molar-refractivity contribution in [3.63, 3.8) is 0 Å². The number of ether oxygens (including phenoxy) is 1. The minimum atomic E-state index is -0.642. The lowest BCUT2D eigenvalue weighted by molar-refractivity contribution is -0.141. The van der Waals surface area contributed by atoms with Gasteiger partial charge in [0, 0.05) is 30.5 Å². The van der Waals surface area contributed by atoms with E-state index in [1.54, 1.807) is 4.90 Å². The molecule has 0 aromatic heterocycles. The largest absolute Gasteiger partial charge is 0.494 e. The molecule has 1 N–H and O–H groups in total. The minimum Gasteiger partial charge on any atom is -0.494 e. The average Bonchev–Trinajstić information content (AvgIpc) is 2.96. The highest BCUT2D eigenvalue weighted by Crippen LogP contribution is 2.23. The molecule has 2 amide bonds. The molecule has 1 atom stereocenters. The Kier molecular flexibility index (Phi) is 10.8. The van der Waals surface area contributed by atoms with Crippen LogP contribution in [0.1, 0.15) is 61.6 Å². The molecule has 0 radical (unpaired) electrons. The third-order valence-corrected chi connectivity index (χ3v) is 7.71. The summed E-state index contributed by atoms with van der Waals surface area (Å²) in [5, 5.41) is 3.86. The summed E-state index contributed by atoms with van der Waals surface area (Å²) in [6, 6.07) is 24.8. The molecular weight excluding hydrogens is 508 g/mol. The molecule has 4 rings (SSSR count). The van der Waals surface area contributed by atoms with E-state index in [0.29, 0.717) is 24.5 Å². The number of hydrogen-bond acceptors (Lipinski definition) is 3. The minimum absolute atomic E-state index is 0.0813. The first kappa shape index (κ1) is 28.7. The fourth-order valence-electron chi connectivity index (χ4n) is 5.10. The van der Waals surface area contributed by atoms with Gasteiger partial charge in [0.1, 0.15) is 11.8 Å². The van der Waals surface area contributed by atoms with E-state index < -0.39 is 6.04 Å². The number of amides is 2. The number of carbonyl (C=O) groups excluding carboxylic acids is 2. The van der Waals surface area contributed by atoms with Crippen LogP contribution in [0.4, 0.5) is 0 Å². The van der Waals surface area contributed by atoms with Crippen LogP contribution < -0.4 is 10.1 Å². The van der Waals surface area contributed by atoms with Crippen molar-refractivity contribution in [2.45, 2.75) is 76.9 Å². The second kappa shape index (κ2) is 14.7. The van der Waals surface area contributed by atoms with E-state index in [-0.39, 0.29) is 30.8 Å². The van der Waals surface area contributed by atoms with Gasteiger partial charge in [-0.05, 0) is 55.5 Å². The molecule has 39 heavy (non-hydrogen) atoms. The van der Waals surface area contributed by atoms with Gasteiger partial charge in [-0.1, -0.05) is 97.1 Å². The van der Waals surface area contributed by atoms with Gasteiger partial charge in [-0.25, -0.2) is 0 Å². The number of carbonyl (C=O) groups is 2. The summed E-state index contributed by atoms with van der Waals surface area (Å²) in [6.07, 6.45) is 6.69. The number of hydrogen-bond donors (Lipinski definition) is 1. The molecule has 0 bridgehead atoms. The quantitative estimate of drug-likeness (QED) is 0.251. The van der Waals surface area contributed by atoms with Crippen molar-refractivity contribution in [2.24, 2.45) is 0 Å². The van der Waals surface area contributed by atoms with Gasteiger partial charge in [-0.15, -0.1) is 0 Å². The molecule has 1 unspecified atom stereocenters. The Morgan fingerprint density at radius 1 is 0.949 bits per heavy atom. The molecule has 1 aliphatic rings. The Morgan fingerprint density at radius 2 is 1.64 bits per heavy atom. The lowest BCUT2D eigenvalue weighted by Crippen LogP contribution is -2.52. The highest BCUT2D eigenvalue weighted by atomic mass is 35.5. The molecule has 5 nitrogen and oxygen atoms in total. The first-order chi connectivity index (χ1) is 19.0. The maximum Gasteiger partial charge on any atom is 0.243 e. The second-order valence-electron chi connectivity index (χ2n) is 10.4. The molecule has 6 heteroatoms. The Balaban J connectivity index is 1.52. The van der Waals surface area contributed by atoms with E-state index in [9.17, 15) is 9.59 Å². The molecular formula is C33H39ClN2O3. The van der Waals surface area contributed by atoms with Crippen molar-refractivity contribution in [1.29, 1.82) is 0 Å². The van der Waals surface area contributed by atoms with E-state index in [1.165, 1.54) is 12.0 Å². The zero-order chi connectivity index (χ0) is 27.5. The topological polar surface area (TPSA) is 58.6 Å². The van der Waals surface area contributed by atoms with Crippen LogP contribution in [0.25, 0.3) is 0 Å². The zero-order valence-corrected chi connectivity index (χ0v) is 23.5. The van der Waals surface area contributed by atoms with Gasteiger partial charge in [0.05, 0.1) is 6.61 Å². The van der Waals surface area contributed by atoms with Crippen molar-refractivity contribution >= 4 is 23.4 Å². The van der Waals surface area contributed by atoms with Crippen molar-refractivity contribution in [3.8, 4) is 5.75 Å². The monoisotopic (exact) mass is 546 g/mol. The second-order valence-corrected chi connectivity index (χ2v) is 10.8. The van der Waals surface area contributed by atoms with E-state index in [4.69, 9.17) is 16.3 Å². The normalized spacial score (nSPS) is 14.4. The Hall–Kier alpha value is -3.31. The highest BCUT2D eigenvalue weighted by molar-refractivity contribution is 6.31. The number of halogens is 1. The van der Waals surface area contributed by atoms with Crippen LogP contribution in [-0.2, 0) is 22.6 Å².